The lowest BCUT2D eigenvalue weighted by Gasteiger charge is -2.38. The van der Waals surface area contributed by atoms with Crippen molar-refractivity contribution in [3.05, 3.63) is 0 Å². The van der Waals surface area contributed by atoms with Crippen molar-refractivity contribution in [2.24, 2.45) is 0 Å². The molecule has 2 aliphatic rings. The summed E-state index contributed by atoms with van der Waals surface area (Å²) < 4.78 is 0. The zero-order valence-electron chi connectivity index (χ0n) is 12.0. The van der Waals surface area contributed by atoms with Crippen molar-refractivity contribution in [3.63, 3.8) is 0 Å². The van der Waals surface area contributed by atoms with E-state index in [4.69, 9.17) is 0 Å². The van der Waals surface area contributed by atoms with Gasteiger partial charge in [-0.15, -0.1) is 0 Å². The highest BCUT2D eigenvalue weighted by atomic mass is 16.2. The second kappa shape index (κ2) is 5.90. The number of rotatable bonds is 3. The first-order chi connectivity index (χ1) is 9.07. The van der Waals surface area contributed by atoms with E-state index >= 15 is 0 Å². The van der Waals surface area contributed by atoms with Crippen LogP contribution < -0.4 is 10.6 Å². The van der Waals surface area contributed by atoms with E-state index in [9.17, 15) is 9.59 Å². The van der Waals surface area contributed by atoms with Gasteiger partial charge in [0.1, 0.15) is 0 Å². The molecule has 2 fully saturated rings. The Labute approximate surface area is 115 Å². The summed E-state index contributed by atoms with van der Waals surface area (Å²) in [7, 11) is 0. The summed E-state index contributed by atoms with van der Waals surface area (Å²) >= 11 is 0. The zero-order valence-corrected chi connectivity index (χ0v) is 12.0. The summed E-state index contributed by atoms with van der Waals surface area (Å²) in [4.78, 5) is 25.7. The lowest BCUT2D eigenvalue weighted by Crippen LogP contribution is -2.57. The number of nitrogens with zero attached hydrogens (tertiary/aromatic N) is 1. The van der Waals surface area contributed by atoms with E-state index < -0.39 is 0 Å². The molecule has 1 atom stereocenters. The predicted octanol–water partition coefficient (Wildman–Crippen LogP) is 0.646. The Morgan fingerprint density at radius 3 is 2.53 bits per heavy atom. The second-order valence-electron chi connectivity index (χ2n) is 5.73. The molecule has 19 heavy (non-hydrogen) atoms. The molecule has 0 spiro atoms. The number of amides is 2. The zero-order chi connectivity index (χ0) is 13.9. The monoisotopic (exact) mass is 267 g/mol. The van der Waals surface area contributed by atoms with E-state index in [1.165, 1.54) is 0 Å². The first kappa shape index (κ1) is 14.3. The number of piperidine rings is 1. The Morgan fingerprint density at radius 1 is 1.37 bits per heavy atom. The van der Waals surface area contributed by atoms with E-state index in [1.54, 1.807) is 6.92 Å². The average Bonchev–Trinajstić information content (AvgIpc) is 2.88. The third kappa shape index (κ3) is 3.08. The first-order valence-corrected chi connectivity index (χ1v) is 7.39. The second-order valence-corrected chi connectivity index (χ2v) is 5.73. The summed E-state index contributed by atoms with van der Waals surface area (Å²) in [5, 5.41) is 6.34. The molecule has 2 heterocycles. The van der Waals surface area contributed by atoms with Gasteiger partial charge in [0.2, 0.25) is 11.8 Å². The topological polar surface area (TPSA) is 61.4 Å². The number of carbonyl (C=O) groups is 2. The third-order valence-electron chi connectivity index (χ3n) is 4.45. The Kier molecular flexibility index (Phi) is 4.45. The van der Waals surface area contributed by atoms with Crippen LogP contribution in [0, 0.1) is 0 Å². The van der Waals surface area contributed by atoms with E-state index in [0.717, 1.165) is 51.7 Å². The summed E-state index contributed by atoms with van der Waals surface area (Å²) in [6, 6.07) is 0.232. The van der Waals surface area contributed by atoms with Crippen LogP contribution in [0.15, 0.2) is 0 Å². The average molecular weight is 267 g/mol. The van der Waals surface area contributed by atoms with Gasteiger partial charge in [0.15, 0.2) is 0 Å². The van der Waals surface area contributed by atoms with Gasteiger partial charge >= 0.3 is 0 Å². The van der Waals surface area contributed by atoms with E-state index in [1.807, 2.05) is 4.90 Å². The SMILES string of the molecule is CCC1(C(=O)N2CCC(NC(C)=O)CC2)CCCN1. The van der Waals surface area contributed by atoms with Crippen molar-refractivity contribution < 1.29 is 9.59 Å². The molecule has 0 aromatic heterocycles. The quantitative estimate of drug-likeness (QED) is 0.789. The highest BCUT2D eigenvalue weighted by Crippen LogP contribution is 2.26. The standard InChI is InChI=1S/C14H25N3O2/c1-3-14(7-4-8-15-14)13(19)17-9-5-12(6-10-17)16-11(2)18/h12,15H,3-10H2,1-2H3,(H,16,18). The number of nitrogens with one attached hydrogen (secondary N) is 2. The molecule has 2 saturated heterocycles. The molecule has 108 valence electrons. The number of hydrogen-bond donors (Lipinski definition) is 2. The van der Waals surface area contributed by atoms with Crippen LogP contribution in [0.5, 0.6) is 0 Å². The molecule has 0 aromatic carbocycles. The molecule has 2 amide bonds. The van der Waals surface area contributed by atoms with Crippen LogP contribution in [0.1, 0.15) is 46.0 Å². The lowest BCUT2D eigenvalue weighted by atomic mass is 9.91. The molecule has 5 nitrogen and oxygen atoms in total. The molecule has 2 aliphatic heterocycles. The maximum absolute atomic E-state index is 12.7. The number of carbonyl (C=O) groups excluding carboxylic acids is 2. The van der Waals surface area contributed by atoms with Gasteiger partial charge in [0.05, 0.1) is 5.54 Å². The molecule has 0 bridgehead atoms. The number of likely N-dealkylation sites (tertiary alicyclic amines) is 1. The highest BCUT2D eigenvalue weighted by molar-refractivity contribution is 5.86. The smallest absolute Gasteiger partial charge is 0.242 e. The van der Waals surface area contributed by atoms with Gasteiger partial charge in [-0.3, -0.25) is 9.59 Å². The van der Waals surface area contributed by atoms with Crippen molar-refractivity contribution in [2.45, 2.75) is 57.5 Å². The van der Waals surface area contributed by atoms with Crippen LogP contribution >= 0.6 is 0 Å². The minimum atomic E-state index is -0.319. The summed E-state index contributed by atoms with van der Waals surface area (Å²) in [6.45, 7) is 6.09. The first-order valence-electron chi connectivity index (χ1n) is 7.39. The summed E-state index contributed by atoms with van der Waals surface area (Å²) in [5.74, 6) is 0.279. The lowest BCUT2D eigenvalue weighted by molar-refractivity contribution is -0.139. The molecular formula is C14H25N3O2. The van der Waals surface area contributed by atoms with E-state index in [0.29, 0.717) is 0 Å². The van der Waals surface area contributed by atoms with Gasteiger partial charge in [-0.2, -0.15) is 0 Å². The van der Waals surface area contributed by atoms with Crippen LogP contribution in [0.4, 0.5) is 0 Å². The molecule has 2 rings (SSSR count). The Hall–Kier alpha value is -1.10. The fraction of sp³-hybridized carbons (Fsp3) is 0.857. The van der Waals surface area contributed by atoms with Crippen LogP contribution in [0.2, 0.25) is 0 Å². The number of hydrogen-bond acceptors (Lipinski definition) is 3. The molecule has 5 heteroatoms. The van der Waals surface area contributed by atoms with Crippen LogP contribution in [-0.2, 0) is 9.59 Å². The van der Waals surface area contributed by atoms with Crippen molar-refractivity contribution in [2.75, 3.05) is 19.6 Å². The van der Waals surface area contributed by atoms with Crippen molar-refractivity contribution in [1.82, 2.24) is 15.5 Å². The highest BCUT2D eigenvalue weighted by Gasteiger charge is 2.42. The van der Waals surface area contributed by atoms with Gasteiger partial charge in [-0.05, 0) is 38.6 Å². The summed E-state index contributed by atoms with van der Waals surface area (Å²) in [6.07, 6.45) is 4.63. The van der Waals surface area contributed by atoms with E-state index in [2.05, 4.69) is 17.6 Å². The Balaban J connectivity index is 1.90. The fourth-order valence-electron chi connectivity index (χ4n) is 3.26. The fourth-order valence-corrected chi connectivity index (χ4v) is 3.26. The maximum Gasteiger partial charge on any atom is 0.242 e. The van der Waals surface area contributed by atoms with Crippen molar-refractivity contribution >= 4 is 11.8 Å². The third-order valence-corrected chi connectivity index (χ3v) is 4.45. The largest absolute Gasteiger partial charge is 0.353 e. The molecule has 0 saturated carbocycles. The molecular weight excluding hydrogens is 242 g/mol. The molecule has 0 aliphatic carbocycles. The van der Waals surface area contributed by atoms with Crippen molar-refractivity contribution in [3.8, 4) is 0 Å². The minimum Gasteiger partial charge on any atom is -0.353 e. The van der Waals surface area contributed by atoms with Crippen molar-refractivity contribution in [1.29, 1.82) is 0 Å². The van der Waals surface area contributed by atoms with Gasteiger partial charge < -0.3 is 15.5 Å². The minimum absolute atomic E-state index is 0.0206. The predicted molar refractivity (Wildman–Crippen MR) is 73.7 cm³/mol. The summed E-state index contributed by atoms with van der Waals surface area (Å²) in [5.41, 5.74) is -0.319. The van der Waals surface area contributed by atoms with Gasteiger partial charge in [-0.1, -0.05) is 6.92 Å². The molecule has 1 unspecified atom stereocenters. The molecule has 2 N–H and O–H groups in total. The van der Waals surface area contributed by atoms with Crippen LogP contribution in [-0.4, -0.2) is 47.9 Å². The maximum atomic E-state index is 12.7. The Morgan fingerprint density at radius 2 is 2.05 bits per heavy atom. The molecule has 0 radical (unpaired) electrons. The molecule has 0 aromatic rings. The van der Waals surface area contributed by atoms with Crippen LogP contribution in [0.25, 0.3) is 0 Å². The van der Waals surface area contributed by atoms with E-state index in [-0.39, 0.29) is 23.4 Å². The normalized spacial score (nSPS) is 28.4. The van der Waals surface area contributed by atoms with Crippen LogP contribution in [0.3, 0.4) is 0 Å². The van der Waals surface area contributed by atoms with Gasteiger partial charge in [-0.25, -0.2) is 0 Å². The van der Waals surface area contributed by atoms with Gasteiger partial charge in [0, 0.05) is 26.1 Å². The van der Waals surface area contributed by atoms with Gasteiger partial charge in [0.25, 0.3) is 0 Å². The Bertz CT molecular complexity index is 343.